The first-order chi connectivity index (χ1) is 32.2. The Bertz CT molecular complexity index is 4230. The van der Waals surface area contributed by atoms with Crippen LogP contribution in [0.4, 0.5) is 0 Å². The van der Waals surface area contributed by atoms with Gasteiger partial charge in [0.05, 0.1) is 22.1 Å². The second kappa shape index (κ2) is 13.9. The molecule has 3 aromatic heterocycles. The van der Waals surface area contributed by atoms with E-state index in [0.29, 0.717) is 0 Å². The highest BCUT2D eigenvalue weighted by atomic mass is 16.3. The fraction of sp³-hybridized carbons (Fsp3) is 0. The molecule has 0 saturated carbocycles. The molecule has 0 N–H and O–H groups in total. The van der Waals surface area contributed by atoms with Crippen LogP contribution in [-0.4, -0.2) is 9.13 Å². The highest BCUT2D eigenvalue weighted by Crippen LogP contribution is 2.42. The van der Waals surface area contributed by atoms with Crippen molar-refractivity contribution in [3.8, 4) is 44.8 Å². The minimum absolute atomic E-state index is 0.884. The number of rotatable bonds is 5. The Labute approximate surface area is 374 Å². The summed E-state index contributed by atoms with van der Waals surface area (Å²) in [7, 11) is 0. The standard InChI is InChI=1S/C62H38N2O/c1-2-16-45(17-3-1)63-57-30-24-41(34-53(57)55-36-43(26-32-58(55)63)49-21-10-14-39-12-4-6-18-47(39)49)42-25-31-59-54(35-42)56-37-44(50-22-11-15-40-13-5-7-19-48(40)50)27-33-60(56)64(59)46-28-29-52-51-20-8-9-23-61(51)65-62(52)38-46/h1-38H. The topological polar surface area (TPSA) is 23.0 Å². The van der Waals surface area contributed by atoms with Gasteiger partial charge >= 0.3 is 0 Å². The van der Waals surface area contributed by atoms with E-state index in [1.807, 2.05) is 12.1 Å². The summed E-state index contributed by atoms with van der Waals surface area (Å²) in [6, 6.07) is 84.2. The minimum Gasteiger partial charge on any atom is -0.456 e. The molecule has 11 aromatic carbocycles. The highest BCUT2D eigenvalue weighted by Gasteiger charge is 2.19. The molecule has 302 valence electrons. The lowest BCUT2D eigenvalue weighted by molar-refractivity contribution is 0.668. The van der Waals surface area contributed by atoms with Crippen LogP contribution in [-0.2, 0) is 0 Å². The molecule has 3 heterocycles. The molecular weight excluding hydrogens is 789 g/mol. The molecule has 0 radical (unpaired) electrons. The molecule has 0 unspecified atom stereocenters. The number of furan rings is 1. The zero-order valence-electron chi connectivity index (χ0n) is 35.2. The molecule has 0 aliphatic carbocycles. The van der Waals surface area contributed by atoms with Crippen molar-refractivity contribution in [2.75, 3.05) is 0 Å². The Hall–Kier alpha value is -8.66. The summed E-state index contributed by atoms with van der Waals surface area (Å²) in [5, 5.41) is 12.1. The Morgan fingerprint density at radius 2 is 0.677 bits per heavy atom. The van der Waals surface area contributed by atoms with Crippen molar-refractivity contribution < 1.29 is 4.42 Å². The van der Waals surface area contributed by atoms with Gasteiger partial charge < -0.3 is 13.6 Å². The SMILES string of the molecule is c1ccc(-n2c3ccc(-c4ccc5c(c4)c4cc(-c6cccc7ccccc67)ccc4n5-c4ccc5c(c4)oc4ccccc45)cc3c3cc(-c4cccc5ccccc45)ccc32)cc1. The molecule has 0 aliphatic rings. The number of para-hydroxylation sites is 2. The van der Waals surface area contributed by atoms with Crippen molar-refractivity contribution in [2.24, 2.45) is 0 Å². The molecule has 0 saturated heterocycles. The van der Waals surface area contributed by atoms with Crippen molar-refractivity contribution in [1.29, 1.82) is 0 Å². The summed E-state index contributed by atoms with van der Waals surface area (Å²) in [5.74, 6) is 0. The fourth-order valence-electron chi connectivity index (χ4n) is 10.7. The average Bonchev–Trinajstić information content (AvgIpc) is 4.02. The van der Waals surface area contributed by atoms with Crippen molar-refractivity contribution in [2.45, 2.75) is 0 Å². The maximum absolute atomic E-state index is 6.44. The maximum atomic E-state index is 6.44. The lowest BCUT2D eigenvalue weighted by Crippen LogP contribution is -1.94. The summed E-state index contributed by atoms with van der Waals surface area (Å²) in [6.07, 6.45) is 0. The van der Waals surface area contributed by atoms with Gasteiger partial charge in [-0.15, -0.1) is 0 Å². The molecule has 14 aromatic rings. The highest BCUT2D eigenvalue weighted by molar-refractivity contribution is 6.15. The van der Waals surface area contributed by atoms with Gasteiger partial charge in [-0.2, -0.15) is 0 Å². The predicted molar refractivity (Wildman–Crippen MR) is 274 cm³/mol. The van der Waals surface area contributed by atoms with Gasteiger partial charge in [-0.25, -0.2) is 0 Å². The van der Waals surface area contributed by atoms with Crippen LogP contribution in [0.5, 0.6) is 0 Å². The molecule has 0 spiro atoms. The molecule has 0 aliphatic heterocycles. The smallest absolute Gasteiger partial charge is 0.137 e. The zero-order valence-corrected chi connectivity index (χ0v) is 35.2. The van der Waals surface area contributed by atoms with E-state index in [1.54, 1.807) is 0 Å². The monoisotopic (exact) mass is 826 g/mol. The quantitative estimate of drug-likeness (QED) is 0.169. The van der Waals surface area contributed by atoms with Gasteiger partial charge in [-0.3, -0.25) is 0 Å². The van der Waals surface area contributed by atoms with Crippen LogP contribution in [0.2, 0.25) is 0 Å². The van der Waals surface area contributed by atoms with E-state index in [4.69, 9.17) is 4.42 Å². The van der Waals surface area contributed by atoms with E-state index in [0.717, 1.165) is 44.3 Å². The number of hydrogen-bond donors (Lipinski definition) is 0. The van der Waals surface area contributed by atoms with Gasteiger partial charge in [-0.05, 0) is 134 Å². The molecule has 3 nitrogen and oxygen atoms in total. The van der Waals surface area contributed by atoms with Crippen LogP contribution in [0.1, 0.15) is 0 Å². The van der Waals surface area contributed by atoms with Crippen LogP contribution in [0.3, 0.4) is 0 Å². The van der Waals surface area contributed by atoms with Crippen molar-refractivity contribution in [3.63, 3.8) is 0 Å². The second-order valence-electron chi connectivity index (χ2n) is 17.3. The average molecular weight is 827 g/mol. The Morgan fingerprint density at radius 3 is 1.25 bits per heavy atom. The normalized spacial score (nSPS) is 12.0. The van der Waals surface area contributed by atoms with Gasteiger partial charge in [0.25, 0.3) is 0 Å². The van der Waals surface area contributed by atoms with Crippen LogP contribution < -0.4 is 0 Å². The second-order valence-corrected chi connectivity index (χ2v) is 17.3. The fourth-order valence-corrected chi connectivity index (χ4v) is 10.7. The number of hydrogen-bond acceptors (Lipinski definition) is 1. The van der Waals surface area contributed by atoms with E-state index in [1.165, 1.54) is 87.5 Å². The molecule has 65 heavy (non-hydrogen) atoms. The Balaban J connectivity index is 0.993. The van der Waals surface area contributed by atoms with Gasteiger partial charge in [0.2, 0.25) is 0 Å². The Kier molecular flexibility index (Phi) is 7.69. The number of nitrogens with zero attached hydrogens (tertiary/aromatic N) is 2. The third-order valence-electron chi connectivity index (χ3n) is 13.7. The summed E-state index contributed by atoms with van der Waals surface area (Å²) in [4.78, 5) is 0. The molecule has 3 heteroatoms. The molecular formula is C62H38N2O. The number of aromatic nitrogens is 2. The van der Waals surface area contributed by atoms with Gasteiger partial charge in [0, 0.05) is 49.8 Å². The number of fused-ring (bicyclic) bond motifs is 11. The Morgan fingerprint density at radius 1 is 0.246 bits per heavy atom. The van der Waals surface area contributed by atoms with Crippen molar-refractivity contribution >= 4 is 87.1 Å². The summed E-state index contributed by atoms with van der Waals surface area (Å²) < 4.78 is 11.3. The van der Waals surface area contributed by atoms with Crippen LogP contribution in [0.25, 0.3) is 132 Å². The van der Waals surface area contributed by atoms with E-state index in [-0.39, 0.29) is 0 Å². The summed E-state index contributed by atoms with van der Waals surface area (Å²) in [5.41, 5.74) is 15.9. The van der Waals surface area contributed by atoms with Gasteiger partial charge in [-0.1, -0.05) is 146 Å². The van der Waals surface area contributed by atoms with E-state index in [2.05, 4.69) is 228 Å². The minimum atomic E-state index is 0.884. The molecule has 14 rings (SSSR count). The van der Waals surface area contributed by atoms with E-state index < -0.39 is 0 Å². The van der Waals surface area contributed by atoms with Gasteiger partial charge in [0.1, 0.15) is 11.2 Å². The van der Waals surface area contributed by atoms with Crippen molar-refractivity contribution in [3.05, 3.63) is 231 Å². The largest absolute Gasteiger partial charge is 0.456 e. The van der Waals surface area contributed by atoms with Crippen molar-refractivity contribution in [1.82, 2.24) is 9.13 Å². The first-order valence-corrected chi connectivity index (χ1v) is 22.3. The third-order valence-corrected chi connectivity index (χ3v) is 13.7. The van der Waals surface area contributed by atoms with Gasteiger partial charge in [0.15, 0.2) is 0 Å². The molecule has 0 atom stereocenters. The summed E-state index contributed by atoms with van der Waals surface area (Å²) in [6.45, 7) is 0. The zero-order chi connectivity index (χ0) is 42.6. The first-order valence-electron chi connectivity index (χ1n) is 22.3. The van der Waals surface area contributed by atoms with Crippen LogP contribution in [0.15, 0.2) is 235 Å². The first kappa shape index (κ1) is 35.9. The van der Waals surface area contributed by atoms with Crippen LogP contribution >= 0.6 is 0 Å². The summed E-state index contributed by atoms with van der Waals surface area (Å²) >= 11 is 0. The number of benzene rings is 11. The van der Waals surface area contributed by atoms with E-state index in [9.17, 15) is 0 Å². The third kappa shape index (κ3) is 5.49. The maximum Gasteiger partial charge on any atom is 0.137 e. The predicted octanol–water partition coefficient (Wildman–Crippen LogP) is 17.1. The lowest BCUT2D eigenvalue weighted by Gasteiger charge is -2.10. The molecule has 0 bridgehead atoms. The lowest BCUT2D eigenvalue weighted by atomic mass is 9.96. The van der Waals surface area contributed by atoms with Crippen LogP contribution in [0, 0.1) is 0 Å². The van der Waals surface area contributed by atoms with E-state index >= 15 is 0 Å². The molecule has 0 amide bonds. The molecule has 0 fully saturated rings.